The zero-order valence-electron chi connectivity index (χ0n) is 19.5. The molecule has 2 aromatic carbocycles. The Kier molecular flexibility index (Phi) is 7.13. The second-order valence-electron chi connectivity index (χ2n) is 8.11. The number of carbonyl (C=O) groups is 2. The van der Waals surface area contributed by atoms with E-state index in [1.54, 1.807) is 12.1 Å². The average Bonchev–Trinajstić information content (AvgIpc) is 3.09. The molecule has 168 valence electrons. The van der Waals surface area contributed by atoms with E-state index in [2.05, 4.69) is 5.16 Å². The molecule has 0 atom stereocenters. The minimum Gasteiger partial charge on any atom is -0.489 e. The lowest BCUT2D eigenvalue weighted by atomic mass is 9.93. The number of aromatic nitrogens is 1. The van der Waals surface area contributed by atoms with E-state index in [4.69, 9.17) is 14.0 Å². The molecule has 6 nitrogen and oxygen atoms in total. The minimum atomic E-state index is -0.444. The van der Waals surface area contributed by atoms with Gasteiger partial charge in [-0.3, -0.25) is 9.59 Å². The lowest BCUT2D eigenvalue weighted by Crippen LogP contribution is -2.17. The first-order chi connectivity index (χ1) is 15.2. The highest BCUT2D eigenvalue weighted by Crippen LogP contribution is 2.22. The first kappa shape index (κ1) is 23.3. The molecule has 0 aliphatic carbocycles. The van der Waals surface area contributed by atoms with Gasteiger partial charge in [-0.2, -0.15) is 0 Å². The van der Waals surface area contributed by atoms with Crippen molar-refractivity contribution in [3.05, 3.63) is 80.7 Å². The third-order valence-corrected chi connectivity index (χ3v) is 5.98. The van der Waals surface area contributed by atoms with E-state index >= 15 is 0 Å². The maximum atomic E-state index is 12.6. The number of aryl methyl sites for hydroxylation is 3. The van der Waals surface area contributed by atoms with Crippen LogP contribution in [0.25, 0.3) is 0 Å². The van der Waals surface area contributed by atoms with Crippen LogP contribution in [0.3, 0.4) is 0 Å². The summed E-state index contributed by atoms with van der Waals surface area (Å²) < 4.78 is 16.2. The number of hydrogen-bond acceptors (Lipinski definition) is 6. The van der Waals surface area contributed by atoms with E-state index in [1.807, 2.05) is 59.7 Å². The number of esters is 1. The average molecular weight is 436 g/mol. The minimum absolute atomic E-state index is 0.0857. The molecule has 1 aromatic heterocycles. The third-order valence-electron chi connectivity index (χ3n) is 5.98. The highest BCUT2D eigenvalue weighted by Gasteiger charge is 2.16. The largest absolute Gasteiger partial charge is 0.489 e. The molecule has 0 aliphatic heterocycles. The Morgan fingerprint density at radius 3 is 2.25 bits per heavy atom. The van der Waals surface area contributed by atoms with Crippen LogP contribution < -0.4 is 4.74 Å². The monoisotopic (exact) mass is 435 g/mol. The van der Waals surface area contributed by atoms with Crippen LogP contribution in [0.1, 0.15) is 55.2 Å². The van der Waals surface area contributed by atoms with Crippen LogP contribution in [-0.2, 0) is 22.6 Å². The maximum Gasteiger partial charge on any atom is 0.310 e. The number of hydrogen-bond donors (Lipinski definition) is 0. The summed E-state index contributed by atoms with van der Waals surface area (Å²) in [5, 5.41) is 3.91. The van der Waals surface area contributed by atoms with Gasteiger partial charge in [0.2, 0.25) is 5.78 Å². The standard InChI is InChI=1S/C26H29NO5/c1-15-11-23(18(4)17(3)16(15)2)25(28)14-31-26(29)12-21-7-9-22(10-8-21)30-13-24-19(5)27-32-20(24)6/h7-11H,12-14H2,1-6H3. The van der Waals surface area contributed by atoms with Gasteiger partial charge in [0.25, 0.3) is 0 Å². The van der Waals surface area contributed by atoms with Crippen LogP contribution in [0.2, 0.25) is 0 Å². The molecule has 3 rings (SSSR count). The van der Waals surface area contributed by atoms with E-state index in [0.717, 1.165) is 39.3 Å². The Balaban J connectivity index is 1.52. The second-order valence-corrected chi connectivity index (χ2v) is 8.11. The van der Waals surface area contributed by atoms with E-state index in [9.17, 15) is 9.59 Å². The SMILES string of the molecule is Cc1cc(C(=O)COC(=O)Cc2ccc(OCc3c(C)noc3C)cc2)c(C)c(C)c1C. The summed E-state index contributed by atoms with van der Waals surface area (Å²) in [6.45, 7) is 11.8. The number of ether oxygens (including phenoxy) is 2. The molecule has 0 fully saturated rings. The van der Waals surface area contributed by atoms with Crippen molar-refractivity contribution in [2.45, 2.75) is 54.6 Å². The van der Waals surface area contributed by atoms with Gasteiger partial charge in [-0.25, -0.2) is 0 Å². The van der Waals surface area contributed by atoms with Crippen molar-refractivity contribution in [3.8, 4) is 5.75 Å². The zero-order chi connectivity index (χ0) is 23.4. The molecule has 3 aromatic rings. The molecule has 0 aliphatic rings. The van der Waals surface area contributed by atoms with Gasteiger partial charge in [-0.15, -0.1) is 0 Å². The molecule has 0 amide bonds. The van der Waals surface area contributed by atoms with Crippen LogP contribution in [0.5, 0.6) is 5.75 Å². The van der Waals surface area contributed by atoms with Crippen LogP contribution in [0, 0.1) is 41.5 Å². The van der Waals surface area contributed by atoms with Gasteiger partial charge in [0, 0.05) is 5.56 Å². The highest BCUT2D eigenvalue weighted by atomic mass is 16.5. The number of Topliss-reactive ketones (excluding diaryl/α,β-unsaturated/α-hetero) is 1. The Bertz CT molecular complexity index is 1120. The first-order valence-electron chi connectivity index (χ1n) is 10.6. The van der Waals surface area contributed by atoms with Crippen LogP contribution in [0.4, 0.5) is 0 Å². The van der Waals surface area contributed by atoms with E-state index in [-0.39, 0.29) is 18.8 Å². The maximum absolute atomic E-state index is 12.6. The number of carbonyl (C=O) groups excluding carboxylic acids is 2. The summed E-state index contributed by atoms with van der Waals surface area (Å²) in [6.07, 6.45) is 0.0857. The number of rotatable bonds is 8. The Morgan fingerprint density at radius 1 is 0.938 bits per heavy atom. The van der Waals surface area contributed by atoms with Crippen molar-refractivity contribution in [2.75, 3.05) is 6.61 Å². The molecule has 6 heteroatoms. The summed E-state index contributed by atoms with van der Waals surface area (Å²) in [5.41, 5.74) is 7.38. The van der Waals surface area contributed by atoms with Crippen molar-refractivity contribution in [1.29, 1.82) is 0 Å². The first-order valence-corrected chi connectivity index (χ1v) is 10.6. The fourth-order valence-electron chi connectivity index (χ4n) is 3.51. The molecule has 0 saturated carbocycles. The van der Waals surface area contributed by atoms with Crippen molar-refractivity contribution < 1.29 is 23.6 Å². The van der Waals surface area contributed by atoms with Gasteiger partial charge in [0.05, 0.1) is 17.7 Å². The van der Waals surface area contributed by atoms with Gasteiger partial charge in [0.15, 0.2) is 6.61 Å². The third kappa shape index (κ3) is 5.25. The molecule has 0 N–H and O–H groups in total. The quantitative estimate of drug-likeness (QED) is 0.363. The molecule has 0 unspecified atom stereocenters. The van der Waals surface area contributed by atoms with E-state index in [0.29, 0.717) is 17.9 Å². The summed E-state index contributed by atoms with van der Waals surface area (Å²) >= 11 is 0. The van der Waals surface area contributed by atoms with Gasteiger partial charge >= 0.3 is 5.97 Å². The second kappa shape index (κ2) is 9.81. The molecule has 0 radical (unpaired) electrons. The number of benzene rings is 2. The van der Waals surface area contributed by atoms with Crippen LogP contribution in [0.15, 0.2) is 34.9 Å². The topological polar surface area (TPSA) is 78.6 Å². The summed E-state index contributed by atoms with van der Waals surface area (Å²) in [7, 11) is 0. The smallest absolute Gasteiger partial charge is 0.310 e. The summed E-state index contributed by atoms with van der Waals surface area (Å²) in [5.74, 6) is 0.784. The van der Waals surface area contributed by atoms with Gasteiger partial charge in [-0.05, 0) is 87.6 Å². The number of nitrogens with zero attached hydrogens (tertiary/aromatic N) is 1. The predicted octanol–water partition coefficient (Wildman–Crippen LogP) is 5.07. The number of ketones is 1. The summed E-state index contributed by atoms with van der Waals surface area (Å²) in [4.78, 5) is 24.8. The molecule has 1 heterocycles. The van der Waals surface area contributed by atoms with Gasteiger partial charge in [-0.1, -0.05) is 17.3 Å². The lowest BCUT2D eigenvalue weighted by Gasteiger charge is -2.13. The Hall–Kier alpha value is -3.41. The molecule has 0 bridgehead atoms. The van der Waals surface area contributed by atoms with E-state index < -0.39 is 5.97 Å². The van der Waals surface area contributed by atoms with Crippen molar-refractivity contribution in [1.82, 2.24) is 5.16 Å². The lowest BCUT2D eigenvalue weighted by molar-refractivity contribution is -0.141. The normalized spacial score (nSPS) is 10.8. The van der Waals surface area contributed by atoms with Crippen LogP contribution in [-0.4, -0.2) is 23.5 Å². The Morgan fingerprint density at radius 2 is 1.62 bits per heavy atom. The van der Waals surface area contributed by atoms with Gasteiger partial charge in [0.1, 0.15) is 18.1 Å². The van der Waals surface area contributed by atoms with E-state index in [1.165, 1.54) is 5.56 Å². The fourth-order valence-corrected chi connectivity index (χ4v) is 3.51. The Labute approximate surface area is 188 Å². The summed E-state index contributed by atoms with van der Waals surface area (Å²) in [6, 6.07) is 9.08. The van der Waals surface area contributed by atoms with Crippen molar-refractivity contribution in [3.63, 3.8) is 0 Å². The molecular formula is C26H29NO5. The zero-order valence-corrected chi connectivity index (χ0v) is 19.5. The van der Waals surface area contributed by atoms with Crippen molar-refractivity contribution >= 4 is 11.8 Å². The molecule has 0 saturated heterocycles. The van der Waals surface area contributed by atoms with Gasteiger partial charge < -0.3 is 14.0 Å². The van der Waals surface area contributed by atoms with Crippen molar-refractivity contribution in [2.24, 2.45) is 0 Å². The molecule has 0 spiro atoms. The molecular weight excluding hydrogens is 406 g/mol. The predicted molar refractivity (Wildman–Crippen MR) is 121 cm³/mol. The fraction of sp³-hybridized carbons (Fsp3) is 0.346. The highest BCUT2D eigenvalue weighted by molar-refractivity contribution is 5.99. The van der Waals surface area contributed by atoms with Crippen LogP contribution >= 0.6 is 0 Å². The molecule has 32 heavy (non-hydrogen) atoms.